The summed E-state index contributed by atoms with van der Waals surface area (Å²) in [7, 11) is 3.55. The van der Waals surface area contributed by atoms with Gasteiger partial charge in [0, 0.05) is 5.56 Å². The molecule has 4 nitrogen and oxygen atoms in total. The van der Waals surface area contributed by atoms with E-state index in [1.54, 1.807) is 7.11 Å². The lowest BCUT2D eigenvalue weighted by molar-refractivity contribution is 0.416. The standard InChI is InChI=1S/C12H14BrN3O/c1-14-7-10-15-11(12(13)16-10)8-5-3-4-6-9(8)17-2/h3-6,14H,7H2,1-2H3,(H,15,16). The lowest BCUT2D eigenvalue weighted by Crippen LogP contribution is -2.06. The fourth-order valence-electron chi connectivity index (χ4n) is 1.67. The number of benzene rings is 1. The van der Waals surface area contributed by atoms with Gasteiger partial charge in [0.15, 0.2) is 0 Å². The summed E-state index contributed by atoms with van der Waals surface area (Å²) in [6.07, 6.45) is 0. The Morgan fingerprint density at radius 3 is 2.88 bits per heavy atom. The van der Waals surface area contributed by atoms with Crippen LogP contribution >= 0.6 is 15.9 Å². The number of nitrogens with one attached hydrogen (secondary N) is 2. The van der Waals surface area contributed by atoms with E-state index in [1.807, 2.05) is 31.3 Å². The van der Waals surface area contributed by atoms with E-state index in [9.17, 15) is 0 Å². The molecule has 90 valence electrons. The van der Waals surface area contributed by atoms with Crippen LogP contribution in [-0.2, 0) is 6.54 Å². The molecule has 1 aromatic heterocycles. The van der Waals surface area contributed by atoms with Crippen molar-refractivity contribution in [2.24, 2.45) is 0 Å². The van der Waals surface area contributed by atoms with Gasteiger partial charge in [-0.05, 0) is 35.1 Å². The number of imidazole rings is 1. The molecule has 5 heteroatoms. The van der Waals surface area contributed by atoms with E-state index in [1.165, 1.54) is 0 Å². The van der Waals surface area contributed by atoms with Gasteiger partial charge in [-0.1, -0.05) is 12.1 Å². The monoisotopic (exact) mass is 295 g/mol. The summed E-state index contributed by atoms with van der Waals surface area (Å²) < 4.78 is 6.20. The van der Waals surface area contributed by atoms with Crippen LogP contribution < -0.4 is 10.1 Å². The molecule has 2 N–H and O–H groups in total. The first-order valence-electron chi connectivity index (χ1n) is 5.28. The van der Waals surface area contributed by atoms with Gasteiger partial charge in [-0.2, -0.15) is 0 Å². The molecule has 0 aliphatic rings. The number of hydrogen-bond donors (Lipinski definition) is 2. The Labute approximate surface area is 109 Å². The Kier molecular flexibility index (Phi) is 3.81. The van der Waals surface area contributed by atoms with Crippen LogP contribution in [0.5, 0.6) is 5.75 Å². The van der Waals surface area contributed by atoms with Crippen molar-refractivity contribution in [3.63, 3.8) is 0 Å². The number of methoxy groups -OCH3 is 1. The summed E-state index contributed by atoms with van der Waals surface area (Å²) in [5, 5.41) is 3.06. The van der Waals surface area contributed by atoms with Crippen molar-refractivity contribution in [3.8, 4) is 17.0 Å². The molecule has 0 atom stereocenters. The van der Waals surface area contributed by atoms with Gasteiger partial charge in [0.2, 0.25) is 0 Å². The van der Waals surface area contributed by atoms with Gasteiger partial charge in [0.25, 0.3) is 0 Å². The Hall–Kier alpha value is -1.33. The first-order chi connectivity index (χ1) is 8.26. The van der Waals surface area contributed by atoms with Crippen LogP contribution in [0.1, 0.15) is 5.82 Å². The quantitative estimate of drug-likeness (QED) is 0.911. The number of hydrogen-bond acceptors (Lipinski definition) is 3. The second-order valence-corrected chi connectivity index (χ2v) is 4.37. The zero-order valence-electron chi connectivity index (χ0n) is 9.75. The molecule has 17 heavy (non-hydrogen) atoms. The average molecular weight is 296 g/mol. The van der Waals surface area contributed by atoms with Crippen LogP contribution in [0.4, 0.5) is 0 Å². The summed E-state index contributed by atoms with van der Waals surface area (Å²) in [6.45, 7) is 0.702. The molecule has 0 bridgehead atoms. The second-order valence-electron chi connectivity index (χ2n) is 3.58. The average Bonchev–Trinajstić information content (AvgIpc) is 2.70. The molecule has 1 aromatic carbocycles. The van der Waals surface area contributed by atoms with Gasteiger partial charge in [-0.25, -0.2) is 4.98 Å². The first kappa shape index (κ1) is 12.1. The van der Waals surface area contributed by atoms with E-state index < -0.39 is 0 Å². The molecule has 0 fully saturated rings. The summed E-state index contributed by atoms with van der Waals surface area (Å²) in [5.74, 6) is 1.70. The lowest BCUT2D eigenvalue weighted by Gasteiger charge is -2.05. The molecule has 0 aliphatic carbocycles. The number of ether oxygens (including phenoxy) is 1. The van der Waals surface area contributed by atoms with Crippen LogP contribution in [-0.4, -0.2) is 24.1 Å². The molecule has 0 radical (unpaired) electrons. The molecular formula is C12H14BrN3O. The molecule has 2 rings (SSSR count). The van der Waals surface area contributed by atoms with Gasteiger partial charge in [-0.15, -0.1) is 0 Å². The Balaban J connectivity index is 2.45. The lowest BCUT2D eigenvalue weighted by atomic mass is 10.1. The molecular weight excluding hydrogens is 282 g/mol. The number of para-hydroxylation sites is 1. The van der Waals surface area contributed by atoms with Crippen LogP contribution in [0.3, 0.4) is 0 Å². The predicted molar refractivity (Wildman–Crippen MR) is 71.0 cm³/mol. The summed E-state index contributed by atoms with van der Waals surface area (Å²) in [4.78, 5) is 7.72. The predicted octanol–water partition coefficient (Wildman–Crippen LogP) is 2.57. The Morgan fingerprint density at radius 1 is 1.41 bits per heavy atom. The third-order valence-electron chi connectivity index (χ3n) is 2.42. The van der Waals surface area contributed by atoms with E-state index in [4.69, 9.17) is 4.74 Å². The molecule has 2 aromatic rings. The highest BCUT2D eigenvalue weighted by Gasteiger charge is 2.13. The number of nitrogens with zero attached hydrogens (tertiary/aromatic N) is 1. The van der Waals surface area contributed by atoms with E-state index in [-0.39, 0.29) is 0 Å². The smallest absolute Gasteiger partial charge is 0.128 e. The zero-order chi connectivity index (χ0) is 12.3. The maximum Gasteiger partial charge on any atom is 0.128 e. The van der Waals surface area contributed by atoms with Gasteiger partial charge < -0.3 is 15.0 Å². The van der Waals surface area contributed by atoms with Crippen molar-refractivity contribution in [3.05, 3.63) is 34.7 Å². The van der Waals surface area contributed by atoms with Crippen molar-refractivity contribution in [1.82, 2.24) is 15.3 Å². The second kappa shape index (κ2) is 5.33. The summed E-state index contributed by atoms with van der Waals surface area (Å²) in [6, 6.07) is 7.82. The van der Waals surface area contributed by atoms with Gasteiger partial charge in [0.1, 0.15) is 21.9 Å². The Morgan fingerprint density at radius 2 is 2.18 bits per heavy atom. The van der Waals surface area contributed by atoms with E-state index >= 15 is 0 Å². The minimum absolute atomic E-state index is 0.702. The van der Waals surface area contributed by atoms with Crippen LogP contribution in [0.15, 0.2) is 28.9 Å². The number of halogens is 1. The van der Waals surface area contributed by atoms with E-state index in [0.717, 1.165) is 27.4 Å². The van der Waals surface area contributed by atoms with Crippen molar-refractivity contribution in [2.45, 2.75) is 6.54 Å². The first-order valence-corrected chi connectivity index (χ1v) is 6.08. The van der Waals surface area contributed by atoms with Gasteiger partial charge in [-0.3, -0.25) is 0 Å². The maximum atomic E-state index is 5.33. The molecule has 0 spiro atoms. The summed E-state index contributed by atoms with van der Waals surface area (Å²) >= 11 is 3.49. The molecule has 0 unspecified atom stereocenters. The van der Waals surface area contributed by atoms with Crippen molar-refractivity contribution in [2.75, 3.05) is 14.2 Å². The van der Waals surface area contributed by atoms with Crippen molar-refractivity contribution in [1.29, 1.82) is 0 Å². The third kappa shape index (κ3) is 2.50. The third-order valence-corrected chi connectivity index (χ3v) is 2.99. The van der Waals surface area contributed by atoms with E-state index in [2.05, 4.69) is 31.2 Å². The fraction of sp³-hybridized carbons (Fsp3) is 0.250. The largest absolute Gasteiger partial charge is 0.496 e. The number of aromatic amines is 1. The number of H-pyrrole nitrogens is 1. The van der Waals surface area contributed by atoms with Gasteiger partial charge in [0.05, 0.1) is 13.7 Å². The van der Waals surface area contributed by atoms with Crippen LogP contribution in [0.25, 0.3) is 11.3 Å². The highest BCUT2D eigenvalue weighted by molar-refractivity contribution is 9.10. The minimum atomic E-state index is 0.702. The van der Waals surface area contributed by atoms with Crippen molar-refractivity contribution >= 4 is 15.9 Å². The molecule has 0 saturated heterocycles. The SMILES string of the molecule is CNCc1nc(-c2ccccc2OC)c(Br)[nH]1. The van der Waals surface area contributed by atoms with Crippen molar-refractivity contribution < 1.29 is 4.74 Å². The highest BCUT2D eigenvalue weighted by atomic mass is 79.9. The highest BCUT2D eigenvalue weighted by Crippen LogP contribution is 2.32. The van der Waals surface area contributed by atoms with Crippen LogP contribution in [0, 0.1) is 0 Å². The molecule has 1 heterocycles. The number of aromatic nitrogens is 2. The summed E-state index contributed by atoms with van der Waals surface area (Å²) in [5.41, 5.74) is 1.84. The molecule has 0 saturated carbocycles. The number of rotatable bonds is 4. The molecule has 0 amide bonds. The van der Waals surface area contributed by atoms with Crippen LogP contribution in [0.2, 0.25) is 0 Å². The normalized spacial score (nSPS) is 10.5. The topological polar surface area (TPSA) is 49.9 Å². The van der Waals surface area contributed by atoms with E-state index in [0.29, 0.717) is 6.54 Å². The molecule has 0 aliphatic heterocycles. The van der Waals surface area contributed by atoms with Gasteiger partial charge >= 0.3 is 0 Å². The minimum Gasteiger partial charge on any atom is -0.496 e. The fourth-order valence-corrected chi connectivity index (χ4v) is 2.20. The zero-order valence-corrected chi connectivity index (χ0v) is 11.3. The maximum absolute atomic E-state index is 5.33. The Bertz CT molecular complexity index is 510.